The van der Waals surface area contributed by atoms with Crippen LogP contribution in [0.4, 0.5) is 5.69 Å². The molecule has 0 aromatic carbocycles. The molecule has 15 heavy (non-hydrogen) atoms. The normalized spacial score (nSPS) is 11.8. The zero-order chi connectivity index (χ0) is 11.1. The van der Waals surface area contributed by atoms with E-state index in [2.05, 4.69) is 10.3 Å². The van der Waals surface area contributed by atoms with Gasteiger partial charge in [-0.2, -0.15) is 5.26 Å². The Morgan fingerprint density at radius 3 is 3.13 bits per heavy atom. The molecule has 1 rings (SSSR count). The minimum atomic E-state index is -0.267. The second kappa shape index (κ2) is 5.99. The molecule has 1 unspecified atom stereocenters. The quantitative estimate of drug-likeness (QED) is 0.715. The van der Waals surface area contributed by atoms with Crippen LogP contribution in [-0.2, 0) is 0 Å². The summed E-state index contributed by atoms with van der Waals surface area (Å²) < 4.78 is 0. The van der Waals surface area contributed by atoms with Crippen molar-refractivity contribution >= 4 is 5.69 Å². The Kier molecular flexibility index (Phi) is 4.58. The first kappa shape index (κ1) is 11.5. The van der Waals surface area contributed by atoms with E-state index >= 15 is 0 Å². The zero-order valence-electron chi connectivity index (χ0n) is 8.77. The standard InChI is InChI=1S/C11H15N3O/c1-9(15)4-2-6-13-10-5-3-7-14-11(10)8-12/h3,5,7,9,13,15H,2,4,6H2,1H3. The molecule has 2 N–H and O–H groups in total. The fourth-order valence-corrected chi connectivity index (χ4v) is 1.26. The lowest BCUT2D eigenvalue weighted by atomic mass is 10.2. The summed E-state index contributed by atoms with van der Waals surface area (Å²) >= 11 is 0. The van der Waals surface area contributed by atoms with Crippen LogP contribution in [0.15, 0.2) is 18.3 Å². The van der Waals surface area contributed by atoms with E-state index in [9.17, 15) is 0 Å². The molecular formula is C11H15N3O. The van der Waals surface area contributed by atoms with Crippen molar-refractivity contribution in [2.45, 2.75) is 25.9 Å². The molecule has 1 atom stereocenters. The monoisotopic (exact) mass is 205 g/mol. The lowest BCUT2D eigenvalue weighted by molar-refractivity contribution is 0.183. The first-order chi connectivity index (χ1) is 7.24. The highest BCUT2D eigenvalue weighted by molar-refractivity contribution is 5.53. The zero-order valence-corrected chi connectivity index (χ0v) is 8.77. The van der Waals surface area contributed by atoms with Gasteiger partial charge in [0.25, 0.3) is 0 Å². The molecule has 0 radical (unpaired) electrons. The van der Waals surface area contributed by atoms with Crippen molar-refractivity contribution in [1.82, 2.24) is 4.98 Å². The van der Waals surface area contributed by atoms with Crippen LogP contribution < -0.4 is 5.32 Å². The van der Waals surface area contributed by atoms with Gasteiger partial charge in [-0.05, 0) is 31.9 Å². The molecule has 0 bridgehead atoms. The highest BCUT2D eigenvalue weighted by Crippen LogP contribution is 2.10. The second-order valence-corrected chi connectivity index (χ2v) is 3.43. The van der Waals surface area contributed by atoms with E-state index in [1.165, 1.54) is 0 Å². The van der Waals surface area contributed by atoms with Gasteiger partial charge in [0, 0.05) is 12.7 Å². The van der Waals surface area contributed by atoms with Crippen molar-refractivity contribution in [3.8, 4) is 6.07 Å². The number of aromatic nitrogens is 1. The topological polar surface area (TPSA) is 68.9 Å². The molecular weight excluding hydrogens is 190 g/mol. The van der Waals surface area contributed by atoms with E-state index < -0.39 is 0 Å². The molecule has 0 saturated carbocycles. The van der Waals surface area contributed by atoms with Gasteiger partial charge in [0.15, 0.2) is 5.69 Å². The number of anilines is 1. The third-order valence-corrected chi connectivity index (χ3v) is 2.03. The van der Waals surface area contributed by atoms with E-state index in [1.807, 2.05) is 12.1 Å². The molecule has 4 nitrogen and oxygen atoms in total. The molecule has 0 fully saturated rings. The second-order valence-electron chi connectivity index (χ2n) is 3.43. The number of nitriles is 1. The average molecular weight is 205 g/mol. The molecule has 0 aliphatic heterocycles. The maximum Gasteiger partial charge on any atom is 0.163 e. The Bertz CT molecular complexity index is 344. The number of pyridine rings is 1. The van der Waals surface area contributed by atoms with E-state index in [0.29, 0.717) is 5.69 Å². The Morgan fingerprint density at radius 1 is 1.67 bits per heavy atom. The summed E-state index contributed by atoms with van der Waals surface area (Å²) in [6.45, 7) is 2.51. The highest BCUT2D eigenvalue weighted by atomic mass is 16.3. The number of hydrogen-bond donors (Lipinski definition) is 2. The van der Waals surface area contributed by atoms with Gasteiger partial charge in [-0.25, -0.2) is 4.98 Å². The van der Waals surface area contributed by atoms with Crippen LogP contribution in [0.25, 0.3) is 0 Å². The molecule has 0 spiro atoms. The van der Waals surface area contributed by atoms with Gasteiger partial charge in [-0.15, -0.1) is 0 Å². The Morgan fingerprint density at radius 2 is 2.47 bits per heavy atom. The summed E-state index contributed by atoms with van der Waals surface area (Å²) in [6.07, 6.45) is 2.96. The number of rotatable bonds is 5. The first-order valence-corrected chi connectivity index (χ1v) is 5.01. The Balaban J connectivity index is 2.41. The third-order valence-electron chi connectivity index (χ3n) is 2.03. The lowest BCUT2D eigenvalue weighted by Crippen LogP contribution is -2.07. The summed E-state index contributed by atoms with van der Waals surface area (Å²) in [6, 6.07) is 5.64. The van der Waals surface area contributed by atoms with Crippen molar-refractivity contribution in [2.75, 3.05) is 11.9 Å². The highest BCUT2D eigenvalue weighted by Gasteiger charge is 2.01. The maximum absolute atomic E-state index is 9.06. The van der Waals surface area contributed by atoms with Crippen molar-refractivity contribution < 1.29 is 5.11 Å². The van der Waals surface area contributed by atoms with Gasteiger partial charge < -0.3 is 10.4 Å². The summed E-state index contributed by atoms with van der Waals surface area (Å²) in [5.74, 6) is 0. The van der Waals surface area contributed by atoms with Crippen LogP contribution in [0.1, 0.15) is 25.5 Å². The van der Waals surface area contributed by atoms with E-state index in [0.717, 1.165) is 25.1 Å². The third kappa shape index (κ3) is 3.96. The van der Waals surface area contributed by atoms with Crippen molar-refractivity contribution in [3.63, 3.8) is 0 Å². The van der Waals surface area contributed by atoms with Gasteiger partial charge in [-0.3, -0.25) is 0 Å². The number of nitrogens with one attached hydrogen (secondary N) is 1. The van der Waals surface area contributed by atoms with Crippen LogP contribution in [0.2, 0.25) is 0 Å². The molecule has 1 aromatic heterocycles. The van der Waals surface area contributed by atoms with E-state index in [4.69, 9.17) is 10.4 Å². The SMILES string of the molecule is CC(O)CCCNc1cccnc1C#N. The number of nitrogens with zero attached hydrogens (tertiary/aromatic N) is 2. The van der Waals surface area contributed by atoms with Gasteiger partial charge in [0.05, 0.1) is 11.8 Å². The van der Waals surface area contributed by atoms with Gasteiger partial charge >= 0.3 is 0 Å². The van der Waals surface area contributed by atoms with Crippen LogP contribution in [-0.4, -0.2) is 22.7 Å². The summed E-state index contributed by atoms with van der Waals surface area (Å²) in [5, 5.41) is 21.0. The largest absolute Gasteiger partial charge is 0.393 e. The van der Waals surface area contributed by atoms with Crippen molar-refractivity contribution in [3.05, 3.63) is 24.0 Å². The van der Waals surface area contributed by atoms with Crippen LogP contribution in [0, 0.1) is 11.3 Å². The number of aliphatic hydroxyl groups excluding tert-OH is 1. The minimum absolute atomic E-state index is 0.267. The minimum Gasteiger partial charge on any atom is -0.393 e. The summed E-state index contributed by atoms with van der Waals surface area (Å²) in [4.78, 5) is 3.94. The fourth-order valence-electron chi connectivity index (χ4n) is 1.26. The maximum atomic E-state index is 9.06. The van der Waals surface area contributed by atoms with Crippen molar-refractivity contribution in [1.29, 1.82) is 5.26 Å². The van der Waals surface area contributed by atoms with E-state index in [1.54, 1.807) is 19.2 Å². The van der Waals surface area contributed by atoms with Crippen LogP contribution in [0.3, 0.4) is 0 Å². The molecule has 1 aromatic rings. The predicted molar refractivity (Wildman–Crippen MR) is 58.4 cm³/mol. The molecule has 0 aliphatic carbocycles. The van der Waals surface area contributed by atoms with Gasteiger partial charge in [-0.1, -0.05) is 0 Å². The molecule has 0 amide bonds. The molecule has 80 valence electrons. The van der Waals surface area contributed by atoms with Crippen LogP contribution >= 0.6 is 0 Å². The summed E-state index contributed by atoms with van der Waals surface area (Å²) in [7, 11) is 0. The average Bonchev–Trinajstić information content (AvgIpc) is 2.24. The predicted octanol–water partition coefficient (Wildman–Crippen LogP) is 1.53. The Labute approximate surface area is 89.6 Å². The van der Waals surface area contributed by atoms with Gasteiger partial charge in [0.2, 0.25) is 0 Å². The molecule has 0 aliphatic rings. The smallest absolute Gasteiger partial charge is 0.163 e. The van der Waals surface area contributed by atoms with Crippen LogP contribution in [0.5, 0.6) is 0 Å². The van der Waals surface area contributed by atoms with Gasteiger partial charge in [0.1, 0.15) is 6.07 Å². The fraction of sp³-hybridized carbons (Fsp3) is 0.455. The Hall–Kier alpha value is -1.60. The number of hydrogen-bond acceptors (Lipinski definition) is 4. The number of aliphatic hydroxyl groups is 1. The van der Waals surface area contributed by atoms with E-state index in [-0.39, 0.29) is 6.10 Å². The molecule has 1 heterocycles. The molecule has 0 saturated heterocycles. The summed E-state index contributed by atoms with van der Waals surface area (Å²) in [5.41, 5.74) is 1.17. The first-order valence-electron chi connectivity index (χ1n) is 5.01. The van der Waals surface area contributed by atoms with Crippen molar-refractivity contribution in [2.24, 2.45) is 0 Å². The lowest BCUT2D eigenvalue weighted by Gasteiger charge is -2.07. The molecule has 4 heteroatoms.